The lowest BCUT2D eigenvalue weighted by molar-refractivity contribution is -0.150. The topological polar surface area (TPSA) is 43.4 Å². The van der Waals surface area contributed by atoms with Gasteiger partial charge in [0.05, 0.1) is 7.11 Å². The first-order valence-electron chi connectivity index (χ1n) is 6.17. The summed E-state index contributed by atoms with van der Waals surface area (Å²) >= 11 is 0. The second-order valence-electron chi connectivity index (χ2n) is 5.21. The predicted molar refractivity (Wildman–Crippen MR) is 68.3 cm³/mol. The number of rotatable bonds is 2. The Balaban J connectivity index is 2.42. The van der Waals surface area contributed by atoms with Crippen LogP contribution in [0.25, 0.3) is 0 Å². The van der Waals surface area contributed by atoms with Crippen molar-refractivity contribution < 1.29 is 14.3 Å². The lowest BCUT2D eigenvalue weighted by atomic mass is 9.73. The summed E-state index contributed by atoms with van der Waals surface area (Å²) in [6.45, 7) is 3.99. The molecule has 1 aromatic carbocycles. The van der Waals surface area contributed by atoms with E-state index in [-0.39, 0.29) is 5.78 Å². The van der Waals surface area contributed by atoms with E-state index in [4.69, 9.17) is 4.74 Å². The fourth-order valence-electron chi connectivity index (χ4n) is 2.78. The Morgan fingerprint density at radius 3 is 2.50 bits per heavy atom. The van der Waals surface area contributed by atoms with Crippen molar-refractivity contribution in [1.29, 1.82) is 0 Å². The van der Waals surface area contributed by atoms with Gasteiger partial charge in [-0.25, -0.2) is 0 Å². The van der Waals surface area contributed by atoms with Gasteiger partial charge in [0, 0.05) is 11.8 Å². The standard InChI is InChI=1S/C15H18O3/c1-10-4-6-11(7-5-10)15(2)9-8-12(16)13(15)14(17)18-3/h4-7,13H,8-9H2,1-3H3/t13?,15-/m0/s1. The molecule has 2 rings (SSSR count). The number of carbonyl (C=O) groups excluding carboxylic acids is 2. The summed E-state index contributed by atoms with van der Waals surface area (Å²) in [6, 6.07) is 8.03. The van der Waals surface area contributed by atoms with Crippen molar-refractivity contribution in [2.75, 3.05) is 7.11 Å². The van der Waals surface area contributed by atoms with Crippen LogP contribution in [0.5, 0.6) is 0 Å². The summed E-state index contributed by atoms with van der Waals surface area (Å²) in [5.41, 5.74) is 1.77. The van der Waals surface area contributed by atoms with Crippen LogP contribution in [0.1, 0.15) is 30.9 Å². The highest BCUT2D eigenvalue weighted by Gasteiger charge is 2.50. The predicted octanol–water partition coefficient (Wildman–Crippen LogP) is 2.40. The van der Waals surface area contributed by atoms with Crippen molar-refractivity contribution in [3.63, 3.8) is 0 Å². The van der Waals surface area contributed by atoms with Crippen LogP contribution in [-0.4, -0.2) is 18.9 Å². The molecule has 0 N–H and O–H groups in total. The lowest BCUT2D eigenvalue weighted by Crippen LogP contribution is -2.36. The van der Waals surface area contributed by atoms with E-state index in [9.17, 15) is 9.59 Å². The summed E-state index contributed by atoms with van der Waals surface area (Å²) in [5.74, 6) is -1.09. The summed E-state index contributed by atoms with van der Waals surface area (Å²) in [5, 5.41) is 0. The van der Waals surface area contributed by atoms with E-state index in [1.807, 2.05) is 38.1 Å². The van der Waals surface area contributed by atoms with E-state index < -0.39 is 17.3 Å². The van der Waals surface area contributed by atoms with Gasteiger partial charge in [-0.1, -0.05) is 36.8 Å². The molecule has 96 valence electrons. The van der Waals surface area contributed by atoms with Crippen molar-refractivity contribution in [3.8, 4) is 0 Å². The first-order valence-corrected chi connectivity index (χ1v) is 6.17. The molecule has 0 radical (unpaired) electrons. The molecule has 0 amide bonds. The van der Waals surface area contributed by atoms with Crippen LogP contribution in [0.2, 0.25) is 0 Å². The summed E-state index contributed by atoms with van der Waals surface area (Å²) in [4.78, 5) is 23.8. The molecule has 0 heterocycles. The maximum atomic E-state index is 11.9. The highest BCUT2D eigenvalue weighted by Crippen LogP contribution is 2.44. The number of ketones is 1. The molecule has 18 heavy (non-hydrogen) atoms. The van der Waals surface area contributed by atoms with Gasteiger partial charge in [0.15, 0.2) is 0 Å². The minimum Gasteiger partial charge on any atom is -0.468 e. The van der Waals surface area contributed by atoms with E-state index in [2.05, 4.69) is 0 Å². The molecular weight excluding hydrogens is 228 g/mol. The highest BCUT2D eigenvalue weighted by atomic mass is 16.5. The number of carbonyl (C=O) groups is 2. The Morgan fingerprint density at radius 2 is 1.94 bits per heavy atom. The average Bonchev–Trinajstić information content (AvgIpc) is 2.66. The van der Waals surface area contributed by atoms with Gasteiger partial charge in [-0.05, 0) is 18.9 Å². The number of hydrogen-bond donors (Lipinski definition) is 0. The second-order valence-corrected chi connectivity index (χ2v) is 5.21. The van der Waals surface area contributed by atoms with Crippen LogP contribution in [0.3, 0.4) is 0 Å². The Morgan fingerprint density at radius 1 is 1.33 bits per heavy atom. The largest absolute Gasteiger partial charge is 0.468 e. The van der Waals surface area contributed by atoms with Gasteiger partial charge in [0.25, 0.3) is 0 Å². The molecular formula is C15H18O3. The number of esters is 1. The van der Waals surface area contributed by atoms with Crippen LogP contribution in [0.15, 0.2) is 24.3 Å². The van der Waals surface area contributed by atoms with Gasteiger partial charge < -0.3 is 4.74 Å². The lowest BCUT2D eigenvalue weighted by Gasteiger charge is -2.29. The van der Waals surface area contributed by atoms with Crippen LogP contribution >= 0.6 is 0 Å². The average molecular weight is 246 g/mol. The molecule has 1 saturated carbocycles. The SMILES string of the molecule is COC(=O)C1C(=O)CC[C@@]1(C)c1ccc(C)cc1. The maximum absolute atomic E-state index is 11.9. The Hall–Kier alpha value is -1.64. The third-order valence-electron chi connectivity index (χ3n) is 4.00. The first kappa shape index (κ1) is 12.8. The van der Waals surface area contributed by atoms with Gasteiger partial charge in [-0.3, -0.25) is 9.59 Å². The summed E-state index contributed by atoms with van der Waals surface area (Å²) < 4.78 is 4.79. The van der Waals surface area contributed by atoms with Gasteiger partial charge in [-0.15, -0.1) is 0 Å². The number of ether oxygens (including phenoxy) is 1. The minimum atomic E-state index is -0.662. The Bertz CT molecular complexity index is 475. The van der Waals surface area contributed by atoms with E-state index in [0.717, 1.165) is 5.56 Å². The molecule has 2 atom stereocenters. The fraction of sp³-hybridized carbons (Fsp3) is 0.467. The van der Waals surface area contributed by atoms with E-state index in [1.54, 1.807) is 0 Å². The number of hydrogen-bond acceptors (Lipinski definition) is 3. The molecule has 0 aromatic heterocycles. The smallest absolute Gasteiger partial charge is 0.317 e. The summed E-state index contributed by atoms with van der Waals surface area (Å²) in [6.07, 6.45) is 1.15. The van der Waals surface area contributed by atoms with Crippen molar-refractivity contribution in [3.05, 3.63) is 35.4 Å². The quantitative estimate of drug-likeness (QED) is 0.594. The zero-order chi connectivity index (χ0) is 13.3. The molecule has 3 nitrogen and oxygen atoms in total. The minimum absolute atomic E-state index is 0.00933. The molecule has 1 fully saturated rings. The second kappa shape index (κ2) is 4.56. The highest BCUT2D eigenvalue weighted by molar-refractivity contribution is 6.02. The van der Waals surface area contributed by atoms with Gasteiger partial charge in [0.2, 0.25) is 0 Å². The molecule has 1 aliphatic carbocycles. The molecule has 1 aliphatic rings. The third kappa shape index (κ3) is 1.94. The molecule has 0 bridgehead atoms. The van der Waals surface area contributed by atoms with Gasteiger partial charge in [0.1, 0.15) is 11.7 Å². The number of aryl methyl sites for hydroxylation is 1. The van der Waals surface area contributed by atoms with E-state index >= 15 is 0 Å². The third-order valence-corrected chi connectivity index (χ3v) is 4.00. The number of Topliss-reactive ketones (excluding diaryl/α,β-unsaturated/α-hetero) is 1. The molecule has 3 heteroatoms. The first-order chi connectivity index (χ1) is 8.49. The van der Waals surface area contributed by atoms with Gasteiger partial charge in [-0.2, -0.15) is 0 Å². The number of benzene rings is 1. The van der Waals surface area contributed by atoms with Crippen molar-refractivity contribution in [2.24, 2.45) is 5.92 Å². The maximum Gasteiger partial charge on any atom is 0.317 e. The zero-order valence-electron chi connectivity index (χ0n) is 11.0. The molecule has 0 spiro atoms. The van der Waals surface area contributed by atoms with E-state index in [1.165, 1.54) is 12.7 Å². The van der Waals surface area contributed by atoms with Crippen LogP contribution in [0.4, 0.5) is 0 Å². The van der Waals surface area contributed by atoms with Crippen LogP contribution in [-0.2, 0) is 19.7 Å². The molecule has 1 aromatic rings. The fourth-order valence-corrected chi connectivity index (χ4v) is 2.78. The zero-order valence-corrected chi connectivity index (χ0v) is 11.0. The molecule has 0 saturated heterocycles. The number of methoxy groups -OCH3 is 1. The van der Waals surface area contributed by atoms with Crippen molar-refractivity contribution >= 4 is 11.8 Å². The molecule has 1 unspecified atom stereocenters. The molecule has 0 aliphatic heterocycles. The monoisotopic (exact) mass is 246 g/mol. The Kier molecular flexibility index (Phi) is 3.24. The van der Waals surface area contributed by atoms with Crippen molar-refractivity contribution in [1.82, 2.24) is 0 Å². The van der Waals surface area contributed by atoms with Crippen LogP contribution < -0.4 is 0 Å². The van der Waals surface area contributed by atoms with Crippen LogP contribution in [0, 0.1) is 12.8 Å². The van der Waals surface area contributed by atoms with Gasteiger partial charge >= 0.3 is 5.97 Å². The van der Waals surface area contributed by atoms with Crippen molar-refractivity contribution in [2.45, 2.75) is 32.1 Å². The normalized spacial score (nSPS) is 27.3. The Labute approximate surface area is 107 Å². The van der Waals surface area contributed by atoms with E-state index in [0.29, 0.717) is 12.8 Å². The summed E-state index contributed by atoms with van der Waals surface area (Å²) in [7, 11) is 1.34.